The summed E-state index contributed by atoms with van der Waals surface area (Å²) in [6.07, 6.45) is -1.24. The molecule has 1 aromatic heterocycles. The van der Waals surface area contributed by atoms with Gasteiger partial charge in [0.05, 0.1) is 5.69 Å². The van der Waals surface area contributed by atoms with E-state index in [0.717, 1.165) is 5.56 Å². The Balaban J connectivity index is 1.94. The molecule has 0 bridgehead atoms. The van der Waals surface area contributed by atoms with Crippen LogP contribution in [0.3, 0.4) is 0 Å². The maximum atomic E-state index is 13.6. The van der Waals surface area contributed by atoms with Crippen LogP contribution in [0.1, 0.15) is 32.9 Å². The van der Waals surface area contributed by atoms with E-state index >= 15 is 0 Å². The number of aryl methyl sites for hydroxylation is 2. The molecule has 0 saturated carbocycles. The molecule has 0 fully saturated rings. The van der Waals surface area contributed by atoms with E-state index in [4.69, 9.17) is 9.84 Å². The van der Waals surface area contributed by atoms with Gasteiger partial charge in [0.25, 0.3) is 11.5 Å². The number of hydrogen-bond donors (Lipinski definition) is 3. The van der Waals surface area contributed by atoms with Gasteiger partial charge in [-0.2, -0.15) is 4.98 Å². The summed E-state index contributed by atoms with van der Waals surface area (Å²) in [5.74, 6) is -0.447. The van der Waals surface area contributed by atoms with Crippen LogP contribution in [0, 0.1) is 19.7 Å². The van der Waals surface area contributed by atoms with Crippen molar-refractivity contribution in [3.63, 3.8) is 0 Å². The molecule has 178 valence electrons. The van der Waals surface area contributed by atoms with E-state index in [-0.39, 0.29) is 29.4 Å². The lowest BCUT2D eigenvalue weighted by molar-refractivity contribution is 0.0963. The summed E-state index contributed by atoms with van der Waals surface area (Å²) >= 11 is 3.25. The molecule has 3 N–H and O–H groups in total. The molecule has 9 nitrogen and oxygen atoms in total. The van der Waals surface area contributed by atoms with Gasteiger partial charge in [0.2, 0.25) is 5.88 Å². The molecule has 0 atom stereocenters. The summed E-state index contributed by atoms with van der Waals surface area (Å²) in [6, 6.07) is 8.93. The Kier molecular flexibility index (Phi) is 7.67. The molecular formula is C23H22BrFN4O5. The second kappa shape index (κ2) is 10.5. The topological polar surface area (TPSA) is 123 Å². The van der Waals surface area contributed by atoms with Gasteiger partial charge in [0, 0.05) is 19.2 Å². The maximum absolute atomic E-state index is 13.6. The van der Waals surface area contributed by atoms with Crippen molar-refractivity contribution in [3.8, 4) is 11.6 Å². The summed E-state index contributed by atoms with van der Waals surface area (Å²) in [6.45, 7) is 3.26. The van der Waals surface area contributed by atoms with Crippen molar-refractivity contribution in [2.45, 2.75) is 27.0 Å². The molecule has 34 heavy (non-hydrogen) atoms. The van der Waals surface area contributed by atoms with Crippen molar-refractivity contribution in [2.75, 3.05) is 7.05 Å². The second-order valence-corrected chi connectivity index (χ2v) is 8.15. The Morgan fingerprint density at radius 3 is 2.59 bits per heavy atom. The minimum atomic E-state index is -1.24. The number of halogens is 2. The summed E-state index contributed by atoms with van der Waals surface area (Å²) in [5.41, 5.74) is 2.15. The number of carbonyl (C=O) groups is 2. The van der Waals surface area contributed by atoms with Crippen LogP contribution >= 0.6 is 15.9 Å². The van der Waals surface area contributed by atoms with Crippen LogP contribution in [0.15, 0.2) is 45.7 Å². The summed E-state index contributed by atoms with van der Waals surface area (Å²) in [7, 11) is 1.52. The predicted octanol–water partition coefficient (Wildman–Crippen LogP) is 3.46. The Morgan fingerprint density at radius 1 is 1.18 bits per heavy atom. The van der Waals surface area contributed by atoms with E-state index in [1.807, 2.05) is 6.92 Å². The number of rotatable bonds is 7. The van der Waals surface area contributed by atoms with Gasteiger partial charge in [-0.05, 0) is 70.7 Å². The fourth-order valence-electron chi connectivity index (χ4n) is 3.31. The lowest BCUT2D eigenvalue weighted by Gasteiger charge is -2.16. The van der Waals surface area contributed by atoms with E-state index in [1.165, 1.54) is 29.8 Å². The number of nitrogens with one attached hydrogen (secondary N) is 2. The molecular weight excluding hydrogens is 511 g/mol. The van der Waals surface area contributed by atoms with Crippen molar-refractivity contribution in [3.05, 3.63) is 85.1 Å². The fraction of sp³-hybridized carbons (Fsp3) is 0.217. The highest BCUT2D eigenvalue weighted by atomic mass is 79.9. The van der Waals surface area contributed by atoms with E-state index in [1.54, 1.807) is 25.1 Å². The number of benzene rings is 2. The molecule has 0 radical (unpaired) electrons. The van der Waals surface area contributed by atoms with Gasteiger partial charge in [-0.3, -0.25) is 14.2 Å². The first-order valence-corrected chi connectivity index (χ1v) is 10.9. The molecule has 2 amide bonds. The number of aromatic nitrogens is 2. The van der Waals surface area contributed by atoms with Crippen molar-refractivity contribution in [1.82, 2.24) is 20.2 Å². The van der Waals surface area contributed by atoms with Crippen molar-refractivity contribution in [1.29, 1.82) is 0 Å². The van der Waals surface area contributed by atoms with Gasteiger partial charge in [-0.25, -0.2) is 9.18 Å². The molecule has 0 saturated heterocycles. The first kappa shape index (κ1) is 24.9. The molecule has 0 aliphatic heterocycles. The van der Waals surface area contributed by atoms with Crippen molar-refractivity contribution >= 4 is 27.9 Å². The zero-order valence-electron chi connectivity index (χ0n) is 18.6. The first-order chi connectivity index (χ1) is 16.1. The van der Waals surface area contributed by atoms with Crippen LogP contribution in [0.2, 0.25) is 0 Å². The average molecular weight is 533 g/mol. The lowest BCUT2D eigenvalue weighted by atomic mass is 10.1. The fourth-order valence-corrected chi connectivity index (χ4v) is 3.70. The van der Waals surface area contributed by atoms with Crippen molar-refractivity contribution in [2.24, 2.45) is 0 Å². The number of amides is 2. The number of ether oxygens (including phenoxy) is 1. The molecule has 0 spiro atoms. The Labute approximate surface area is 202 Å². The largest absolute Gasteiger partial charge is 0.472 e. The third-order valence-electron chi connectivity index (χ3n) is 5.07. The molecule has 0 aliphatic rings. The monoisotopic (exact) mass is 532 g/mol. The van der Waals surface area contributed by atoms with E-state index in [9.17, 15) is 18.8 Å². The lowest BCUT2D eigenvalue weighted by Crippen LogP contribution is -2.25. The Hall–Kier alpha value is -3.73. The highest BCUT2D eigenvalue weighted by Crippen LogP contribution is 2.24. The molecule has 11 heteroatoms. The zero-order valence-corrected chi connectivity index (χ0v) is 20.2. The highest BCUT2D eigenvalue weighted by molar-refractivity contribution is 9.10. The summed E-state index contributed by atoms with van der Waals surface area (Å²) in [5, 5.41) is 13.6. The molecule has 0 unspecified atom stereocenters. The van der Waals surface area contributed by atoms with Gasteiger partial charge >= 0.3 is 6.09 Å². The van der Waals surface area contributed by atoms with E-state index in [2.05, 4.69) is 31.5 Å². The number of carboxylic acid groups (broad SMARTS) is 1. The normalized spacial score (nSPS) is 10.6. The molecule has 1 heterocycles. The number of carbonyl (C=O) groups excluding carboxylic acids is 1. The predicted molar refractivity (Wildman–Crippen MR) is 126 cm³/mol. The van der Waals surface area contributed by atoms with Crippen molar-refractivity contribution < 1.29 is 23.8 Å². The molecule has 3 rings (SSSR count). The van der Waals surface area contributed by atoms with Crippen LogP contribution in [0.4, 0.5) is 9.18 Å². The average Bonchev–Trinajstić information content (AvgIpc) is 2.80. The standard InChI is InChI=1S/C23H22BrFN4O5/c1-12-4-5-14(20(30)26-3)9-18(12)29-13(2)28-21(19(24)22(29)31)34-11-15-6-7-17(25)8-16(15)10-27-23(32)33/h4-9,27H,10-11H2,1-3H3,(H,26,30)(H,32,33). The third kappa shape index (κ3) is 5.42. The SMILES string of the molecule is CNC(=O)c1ccc(C)c(-n2c(C)nc(OCc3ccc(F)cc3CNC(=O)O)c(Br)c2=O)c1. The van der Waals surface area contributed by atoms with Crippen LogP contribution in [-0.2, 0) is 13.2 Å². The van der Waals surface area contributed by atoms with Gasteiger partial charge in [0.1, 0.15) is 22.7 Å². The van der Waals surface area contributed by atoms with E-state index in [0.29, 0.717) is 28.2 Å². The van der Waals surface area contributed by atoms with Crippen LogP contribution < -0.4 is 20.9 Å². The minimum absolute atomic E-state index is 0.0281. The number of hydrogen-bond acceptors (Lipinski definition) is 5. The van der Waals surface area contributed by atoms with Crippen LogP contribution in [-0.4, -0.2) is 33.7 Å². The second-order valence-electron chi connectivity index (χ2n) is 7.36. The van der Waals surface area contributed by atoms with Crippen LogP contribution in [0.25, 0.3) is 5.69 Å². The molecule has 0 aliphatic carbocycles. The smallest absolute Gasteiger partial charge is 0.404 e. The Bertz CT molecular complexity index is 1330. The van der Waals surface area contributed by atoms with Gasteiger partial charge in [0.15, 0.2) is 0 Å². The first-order valence-electron chi connectivity index (χ1n) is 10.1. The van der Waals surface area contributed by atoms with E-state index < -0.39 is 17.5 Å². The van der Waals surface area contributed by atoms with Gasteiger partial charge in [-0.15, -0.1) is 0 Å². The van der Waals surface area contributed by atoms with Gasteiger partial charge in [-0.1, -0.05) is 12.1 Å². The molecule has 2 aromatic carbocycles. The van der Waals surface area contributed by atoms with Crippen LogP contribution in [0.5, 0.6) is 5.88 Å². The quantitative estimate of drug-likeness (QED) is 0.428. The van der Waals surface area contributed by atoms with Gasteiger partial charge < -0.3 is 20.5 Å². The summed E-state index contributed by atoms with van der Waals surface area (Å²) in [4.78, 5) is 40.4. The highest BCUT2D eigenvalue weighted by Gasteiger charge is 2.18. The maximum Gasteiger partial charge on any atom is 0.404 e. The summed E-state index contributed by atoms with van der Waals surface area (Å²) < 4.78 is 20.8. The third-order valence-corrected chi connectivity index (χ3v) is 5.75. The molecule has 3 aromatic rings. The zero-order chi connectivity index (χ0) is 25.0. The number of nitrogens with zero attached hydrogens (tertiary/aromatic N) is 2. The Morgan fingerprint density at radius 2 is 1.91 bits per heavy atom. The minimum Gasteiger partial charge on any atom is -0.472 e.